The molecule has 26 heavy (non-hydrogen) atoms. The van der Waals surface area contributed by atoms with E-state index in [1.165, 1.54) is 6.20 Å². The van der Waals surface area contributed by atoms with Gasteiger partial charge in [-0.3, -0.25) is 0 Å². The van der Waals surface area contributed by atoms with Crippen LogP contribution in [0.5, 0.6) is 5.88 Å². The summed E-state index contributed by atoms with van der Waals surface area (Å²) in [6.07, 6.45) is 3.92. The highest BCUT2D eigenvalue weighted by atomic mass is 35.5. The Morgan fingerprint density at radius 1 is 1.31 bits per heavy atom. The quantitative estimate of drug-likeness (QED) is 0.740. The Morgan fingerprint density at radius 3 is 2.96 bits per heavy atom. The van der Waals surface area contributed by atoms with Crippen molar-refractivity contribution in [1.82, 2.24) is 19.7 Å². The van der Waals surface area contributed by atoms with Crippen LogP contribution in [-0.4, -0.2) is 46.1 Å². The van der Waals surface area contributed by atoms with Gasteiger partial charge >= 0.3 is 0 Å². The summed E-state index contributed by atoms with van der Waals surface area (Å²) in [7, 11) is 0. The van der Waals surface area contributed by atoms with E-state index in [1.54, 1.807) is 4.68 Å². The molecule has 10 heteroatoms. The number of nitrogens with one attached hydrogen (secondary N) is 2. The van der Waals surface area contributed by atoms with Crippen molar-refractivity contribution in [3.05, 3.63) is 22.8 Å². The molecule has 2 bridgehead atoms. The molecule has 0 aliphatic carbocycles. The molecule has 4 heterocycles. The van der Waals surface area contributed by atoms with Crippen LogP contribution in [0.4, 0.5) is 23.1 Å². The van der Waals surface area contributed by atoms with Crippen molar-refractivity contribution >= 4 is 34.7 Å². The second-order valence-electron chi connectivity index (χ2n) is 6.05. The van der Waals surface area contributed by atoms with E-state index in [2.05, 4.69) is 30.5 Å². The monoisotopic (exact) mass is 375 g/mol. The number of halogens is 1. The molecule has 0 saturated carbocycles. The number of ether oxygens (including phenoxy) is 2. The Labute approximate surface area is 155 Å². The molecular weight excluding hydrogens is 358 g/mol. The van der Waals surface area contributed by atoms with Gasteiger partial charge in [-0.15, -0.1) is 5.10 Å². The lowest BCUT2D eigenvalue weighted by Gasteiger charge is -2.22. The summed E-state index contributed by atoms with van der Waals surface area (Å²) < 4.78 is 13.1. The molecule has 2 aromatic heterocycles. The van der Waals surface area contributed by atoms with Crippen molar-refractivity contribution < 1.29 is 9.47 Å². The van der Waals surface area contributed by atoms with Crippen molar-refractivity contribution in [1.29, 1.82) is 0 Å². The zero-order valence-electron chi connectivity index (χ0n) is 14.0. The lowest BCUT2D eigenvalue weighted by Crippen LogP contribution is -2.20. The average Bonchev–Trinajstić information content (AvgIpc) is 2.96. The molecule has 1 fully saturated rings. The first-order valence-electron chi connectivity index (χ1n) is 8.50. The lowest BCUT2D eigenvalue weighted by molar-refractivity contribution is 0.0659. The van der Waals surface area contributed by atoms with E-state index in [9.17, 15) is 0 Å². The minimum Gasteiger partial charge on any atom is -0.475 e. The third-order valence-corrected chi connectivity index (χ3v) is 4.70. The van der Waals surface area contributed by atoms with E-state index >= 15 is 0 Å². The van der Waals surface area contributed by atoms with Crippen LogP contribution in [0.25, 0.3) is 4.85 Å². The van der Waals surface area contributed by atoms with Gasteiger partial charge in [0.2, 0.25) is 11.6 Å². The number of fused-ring (bicyclic) bond motifs is 3. The van der Waals surface area contributed by atoms with Crippen molar-refractivity contribution in [2.75, 3.05) is 37.0 Å². The lowest BCUT2D eigenvalue weighted by atomic mass is 10.1. The van der Waals surface area contributed by atoms with Gasteiger partial charge in [-0.2, -0.15) is 0 Å². The second-order valence-corrected chi connectivity index (χ2v) is 6.41. The number of aromatic nitrogens is 4. The summed E-state index contributed by atoms with van der Waals surface area (Å²) in [5.74, 6) is 1.26. The first-order chi connectivity index (χ1) is 12.8. The van der Waals surface area contributed by atoms with Crippen LogP contribution in [0, 0.1) is 6.57 Å². The van der Waals surface area contributed by atoms with Crippen LogP contribution >= 0.6 is 11.6 Å². The fourth-order valence-electron chi connectivity index (χ4n) is 2.98. The van der Waals surface area contributed by atoms with E-state index in [-0.39, 0.29) is 6.04 Å². The summed E-state index contributed by atoms with van der Waals surface area (Å²) in [6.45, 7) is 9.71. The predicted octanol–water partition coefficient (Wildman–Crippen LogP) is 3.17. The van der Waals surface area contributed by atoms with E-state index in [0.717, 1.165) is 19.3 Å². The predicted molar refractivity (Wildman–Crippen MR) is 96.5 cm³/mol. The minimum atomic E-state index is 0.171. The minimum absolute atomic E-state index is 0.171. The van der Waals surface area contributed by atoms with E-state index in [0.29, 0.717) is 60.5 Å². The number of hydrogen-bond acceptors (Lipinski definition) is 7. The van der Waals surface area contributed by atoms with E-state index < -0.39 is 0 Å². The summed E-state index contributed by atoms with van der Waals surface area (Å²) in [5.41, 5.74) is 0.918. The summed E-state index contributed by atoms with van der Waals surface area (Å²) in [4.78, 5) is 12.0. The van der Waals surface area contributed by atoms with Crippen LogP contribution in [0.1, 0.15) is 25.3 Å². The Balaban J connectivity index is 1.71. The fourth-order valence-corrected chi connectivity index (χ4v) is 3.28. The SMILES string of the molecule is [C-]#[N+]c1cnc2nc1NCCCOc1nn(C3CCOCC3)c(Cl)c1N2. The Morgan fingerprint density at radius 2 is 2.15 bits per heavy atom. The molecule has 4 rings (SSSR count). The largest absolute Gasteiger partial charge is 0.475 e. The second kappa shape index (κ2) is 7.35. The molecule has 9 nitrogen and oxygen atoms in total. The van der Waals surface area contributed by atoms with Gasteiger partial charge in [0.25, 0.3) is 5.88 Å². The van der Waals surface area contributed by atoms with Crippen molar-refractivity contribution in [3.8, 4) is 5.88 Å². The first kappa shape index (κ1) is 16.9. The highest BCUT2D eigenvalue weighted by Gasteiger charge is 2.26. The molecule has 2 aliphatic rings. The topological polar surface area (TPSA) is 90.5 Å². The molecule has 1 saturated heterocycles. The number of anilines is 3. The maximum Gasteiger partial charge on any atom is 0.258 e. The third-order valence-electron chi connectivity index (χ3n) is 4.34. The highest BCUT2D eigenvalue weighted by molar-refractivity contribution is 6.32. The average molecular weight is 376 g/mol. The molecular formula is C16H18ClN7O2. The summed E-state index contributed by atoms with van der Waals surface area (Å²) >= 11 is 6.60. The van der Waals surface area contributed by atoms with Gasteiger partial charge in [0.05, 0.1) is 19.2 Å². The zero-order valence-corrected chi connectivity index (χ0v) is 14.8. The number of rotatable bonds is 1. The van der Waals surface area contributed by atoms with Gasteiger partial charge < -0.3 is 20.1 Å². The van der Waals surface area contributed by atoms with Crippen molar-refractivity contribution in [2.45, 2.75) is 25.3 Å². The van der Waals surface area contributed by atoms with Gasteiger partial charge in [-0.05, 0) is 19.3 Å². The van der Waals surface area contributed by atoms with Gasteiger partial charge in [0, 0.05) is 26.0 Å². The molecule has 0 aromatic carbocycles. The normalized spacial score (nSPS) is 17.7. The van der Waals surface area contributed by atoms with Gasteiger partial charge in [0.1, 0.15) is 11.5 Å². The van der Waals surface area contributed by atoms with Gasteiger partial charge in [0.15, 0.2) is 5.15 Å². The number of hydrogen-bond donors (Lipinski definition) is 2. The van der Waals surface area contributed by atoms with Crippen molar-refractivity contribution in [3.63, 3.8) is 0 Å². The Hall–Kier alpha value is -2.57. The summed E-state index contributed by atoms with van der Waals surface area (Å²) in [5, 5.41) is 11.3. The molecule has 2 aliphatic heterocycles. The zero-order chi connectivity index (χ0) is 17.9. The maximum atomic E-state index is 7.23. The molecule has 136 valence electrons. The van der Waals surface area contributed by atoms with Crippen LogP contribution < -0.4 is 15.4 Å². The molecule has 0 atom stereocenters. The molecule has 0 amide bonds. The molecule has 2 aromatic rings. The first-order valence-corrected chi connectivity index (χ1v) is 8.88. The fraction of sp³-hybridized carbons (Fsp3) is 0.500. The van der Waals surface area contributed by atoms with Gasteiger partial charge in [-0.1, -0.05) is 11.6 Å². The molecule has 2 N–H and O–H groups in total. The highest BCUT2D eigenvalue weighted by Crippen LogP contribution is 2.38. The summed E-state index contributed by atoms with van der Waals surface area (Å²) in [6, 6.07) is 0.171. The standard InChI is InChI=1S/C16H18ClN7O2/c1-18-11-9-20-16-21-12-13(17)24(10-3-7-25-8-4-10)23-15(12)26-6-2-5-19-14(11)22-16/h9-10H,2-8H2,(H2,19,20,21,22). The van der Waals surface area contributed by atoms with Crippen molar-refractivity contribution in [2.24, 2.45) is 0 Å². The third kappa shape index (κ3) is 3.25. The van der Waals surface area contributed by atoms with Gasteiger partial charge in [-0.25, -0.2) is 19.5 Å². The van der Waals surface area contributed by atoms with E-state index in [4.69, 9.17) is 27.6 Å². The Kier molecular flexibility index (Phi) is 4.77. The van der Waals surface area contributed by atoms with Crippen LogP contribution in [0.3, 0.4) is 0 Å². The maximum absolute atomic E-state index is 7.23. The number of nitrogens with zero attached hydrogens (tertiary/aromatic N) is 5. The molecule has 0 spiro atoms. The van der Waals surface area contributed by atoms with Crippen LogP contribution in [0.15, 0.2) is 6.20 Å². The Bertz CT molecular complexity index is 842. The molecule has 0 unspecified atom stereocenters. The van der Waals surface area contributed by atoms with E-state index in [1.807, 2.05) is 0 Å². The smallest absolute Gasteiger partial charge is 0.258 e. The van der Waals surface area contributed by atoms with Crippen LogP contribution in [0.2, 0.25) is 5.15 Å². The van der Waals surface area contributed by atoms with Crippen LogP contribution in [-0.2, 0) is 4.74 Å². The molecule has 0 radical (unpaired) electrons.